The second kappa shape index (κ2) is 6.76. The first-order chi connectivity index (χ1) is 11.1. The van der Waals surface area contributed by atoms with E-state index >= 15 is 0 Å². The van der Waals surface area contributed by atoms with Gasteiger partial charge in [-0.05, 0) is 23.6 Å². The van der Waals surface area contributed by atoms with E-state index in [-0.39, 0.29) is 22.9 Å². The van der Waals surface area contributed by atoms with Gasteiger partial charge in [0.2, 0.25) is 0 Å². The van der Waals surface area contributed by atoms with Gasteiger partial charge < -0.3 is 10.4 Å². The van der Waals surface area contributed by atoms with E-state index in [0.29, 0.717) is 10.0 Å². The summed E-state index contributed by atoms with van der Waals surface area (Å²) in [5.74, 6) is -1.41. The SMILES string of the molecule is Cn1cc(C(NC(=O)c2cc(Br)cc(C(=O)O)c2)C(C)(C)C)cn1. The number of halogens is 1. The van der Waals surface area contributed by atoms with Crippen LogP contribution in [0, 0.1) is 5.41 Å². The minimum atomic E-state index is -1.08. The molecule has 0 saturated heterocycles. The third kappa shape index (κ3) is 4.23. The molecule has 1 amide bonds. The van der Waals surface area contributed by atoms with Crippen LogP contribution in [0.1, 0.15) is 53.1 Å². The molecule has 0 aliphatic rings. The molecule has 0 bridgehead atoms. The van der Waals surface area contributed by atoms with Crippen molar-refractivity contribution < 1.29 is 14.7 Å². The van der Waals surface area contributed by atoms with Crippen LogP contribution in [0.3, 0.4) is 0 Å². The van der Waals surface area contributed by atoms with Crippen LogP contribution in [0.4, 0.5) is 0 Å². The number of benzene rings is 1. The minimum absolute atomic E-state index is 0.0585. The Morgan fingerprint density at radius 3 is 2.38 bits per heavy atom. The summed E-state index contributed by atoms with van der Waals surface area (Å²) < 4.78 is 2.23. The second-order valence-electron chi connectivity index (χ2n) is 6.75. The molecule has 1 atom stereocenters. The van der Waals surface area contributed by atoms with Crippen molar-refractivity contribution in [2.75, 3.05) is 0 Å². The van der Waals surface area contributed by atoms with Gasteiger partial charge in [-0.15, -0.1) is 0 Å². The third-order valence-corrected chi connectivity index (χ3v) is 4.06. The quantitative estimate of drug-likeness (QED) is 0.833. The molecule has 2 aromatic rings. The van der Waals surface area contributed by atoms with Gasteiger partial charge in [0.25, 0.3) is 5.91 Å². The molecule has 0 fully saturated rings. The van der Waals surface area contributed by atoms with Gasteiger partial charge in [-0.2, -0.15) is 5.10 Å². The maximum Gasteiger partial charge on any atom is 0.335 e. The van der Waals surface area contributed by atoms with Crippen molar-refractivity contribution >= 4 is 27.8 Å². The lowest BCUT2D eigenvalue weighted by atomic mass is 9.83. The fourth-order valence-corrected chi connectivity index (χ4v) is 2.94. The molecule has 0 spiro atoms. The molecule has 2 rings (SSSR count). The zero-order valence-corrected chi connectivity index (χ0v) is 15.6. The van der Waals surface area contributed by atoms with E-state index < -0.39 is 5.97 Å². The smallest absolute Gasteiger partial charge is 0.335 e. The lowest BCUT2D eigenvalue weighted by molar-refractivity contribution is 0.0696. The number of carboxylic acids is 1. The van der Waals surface area contributed by atoms with E-state index in [4.69, 9.17) is 5.11 Å². The molecule has 6 nitrogen and oxygen atoms in total. The number of carboxylic acid groups (broad SMARTS) is 1. The summed E-state index contributed by atoms with van der Waals surface area (Å²) >= 11 is 3.25. The van der Waals surface area contributed by atoms with Crippen LogP contribution in [0.2, 0.25) is 0 Å². The number of nitrogens with zero attached hydrogens (tertiary/aromatic N) is 2. The number of aromatic nitrogens is 2. The summed E-state index contributed by atoms with van der Waals surface area (Å²) in [6.45, 7) is 6.07. The molecular formula is C17H20BrN3O3. The number of hydrogen-bond donors (Lipinski definition) is 2. The third-order valence-electron chi connectivity index (χ3n) is 3.61. The standard InChI is InChI=1S/C17H20BrN3O3/c1-17(2,3)14(12-8-19-21(4)9-12)20-15(22)10-5-11(16(23)24)7-13(18)6-10/h5-9,14H,1-4H3,(H,20,22)(H,23,24). The number of nitrogens with one attached hydrogen (secondary N) is 1. The van der Waals surface area contributed by atoms with Crippen molar-refractivity contribution in [3.63, 3.8) is 0 Å². The number of aryl methyl sites for hydroxylation is 1. The van der Waals surface area contributed by atoms with Gasteiger partial charge in [-0.25, -0.2) is 4.79 Å². The highest BCUT2D eigenvalue weighted by Gasteiger charge is 2.29. The molecule has 128 valence electrons. The number of hydrogen-bond acceptors (Lipinski definition) is 3. The predicted octanol–water partition coefficient (Wildman–Crippen LogP) is 3.40. The predicted molar refractivity (Wildman–Crippen MR) is 94.0 cm³/mol. The molecule has 0 saturated carbocycles. The van der Waals surface area contributed by atoms with E-state index in [1.54, 1.807) is 16.9 Å². The molecule has 1 aromatic carbocycles. The molecule has 0 aliphatic heterocycles. The van der Waals surface area contributed by atoms with Crippen LogP contribution < -0.4 is 5.32 Å². The van der Waals surface area contributed by atoms with Gasteiger partial charge in [0, 0.05) is 28.8 Å². The Hall–Kier alpha value is -2.15. The molecule has 2 N–H and O–H groups in total. The zero-order chi connectivity index (χ0) is 18.1. The van der Waals surface area contributed by atoms with Crippen molar-refractivity contribution in [1.82, 2.24) is 15.1 Å². The Labute approximate surface area is 149 Å². The summed E-state index contributed by atoms with van der Waals surface area (Å²) in [5.41, 5.74) is 1.01. The van der Waals surface area contributed by atoms with Gasteiger partial charge >= 0.3 is 5.97 Å². The summed E-state index contributed by atoms with van der Waals surface area (Å²) in [7, 11) is 1.82. The largest absolute Gasteiger partial charge is 0.478 e. The number of aromatic carboxylic acids is 1. The Balaban J connectivity index is 2.33. The van der Waals surface area contributed by atoms with Crippen LogP contribution in [0.15, 0.2) is 35.1 Å². The summed E-state index contributed by atoms with van der Waals surface area (Å²) in [4.78, 5) is 23.8. The number of amides is 1. The van der Waals surface area contributed by atoms with E-state index in [9.17, 15) is 9.59 Å². The average molecular weight is 394 g/mol. The van der Waals surface area contributed by atoms with Crippen molar-refractivity contribution in [2.45, 2.75) is 26.8 Å². The fraction of sp³-hybridized carbons (Fsp3) is 0.353. The first-order valence-electron chi connectivity index (χ1n) is 7.41. The lowest BCUT2D eigenvalue weighted by Crippen LogP contribution is -2.36. The van der Waals surface area contributed by atoms with E-state index in [0.717, 1.165) is 5.56 Å². The van der Waals surface area contributed by atoms with Crippen LogP contribution in [-0.2, 0) is 7.05 Å². The molecule has 24 heavy (non-hydrogen) atoms. The molecule has 0 radical (unpaired) electrons. The van der Waals surface area contributed by atoms with Gasteiger partial charge in [-0.3, -0.25) is 9.48 Å². The van der Waals surface area contributed by atoms with E-state index in [2.05, 4.69) is 26.3 Å². The average Bonchev–Trinajstić information content (AvgIpc) is 2.88. The first kappa shape index (κ1) is 18.2. The van der Waals surface area contributed by atoms with Crippen molar-refractivity contribution in [1.29, 1.82) is 0 Å². The Morgan fingerprint density at radius 2 is 1.88 bits per heavy atom. The van der Waals surface area contributed by atoms with Gasteiger partial charge in [-0.1, -0.05) is 36.7 Å². The van der Waals surface area contributed by atoms with Crippen molar-refractivity contribution in [2.24, 2.45) is 12.5 Å². The van der Waals surface area contributed by atoms with E-state index in [1.165, 1.54) is 12.1 Å². The lowest BCUT2D eigenvalue weighted by Gasteiger charge is -2.31. The Bertz CT molecular complexity index is 778. The molecule has 1 unspecified atom stereocenters. The summed E-state index contributed by atoms with van der Waals surface area (Å²) in [5, 5.41) is 16.3. The highest BCUT2D eigenvalue weighted by molar-refractivity contribution is 9.10. The van der Waals surface area contributed by atoms with Gasteiger partial charge in [0.1, 0.15) is 0 Å². The van der Waals surface area contributed by atoms with Crippen molar-refractivity contribution in [3.8, 4) is 0 Å². The van der Waals surface area contributed by atoms with Crippen LogP contribution in [0.25, 0.3) is 0 Å². The minimum Gasteiger partial charge on any atom is -0.478 e. The van der Waals surface area contributed by atoms with Crippen LogP contribution >= 0.6 is 15.9 Å². The number of carbonyl (C=O) groups excluding carboxylic acids is 1. The monoisotopic (exact) mass is 393 g/mol. The number of rotatable bonds is 4. The van der Waals surface area contributed by atoms with Gasteiger partial charge in [0.15, 0.2) is 0 Å². The van der Waals surface area contributed by atoms with Crippen LogP contribution in [0.5, 0.6) is 0 Å². The van der Waals surface area contributed by atoms with E-state index in [1.807, 2.05) is 34.0 Å². The number of carbonyl (C=O) groups is 2. The molecule has 1 aromatic heterocycles. The first-order valence-corrected chi connectivity index (χ1v) is 8.20. The Kier molecular flexibility index (Phi) is 5.13. The molecule has 7 heteroatoms. The normalized spacial score (nSPS) is 12.7. The van der Waals surface area contributed by atoms with Crippen molar-refractivity contribution in [3.05, 3.63) is 51.8 Å². The highest BCUT2D eigenvalue weighted by Crippen LogP contribution is 2.32. The topological polar surface area (TPSA) is 84.2 Å². The Morgan fingerprint density at radius 1 is 1.25 bits per heavy atom. The summed E-state index contributed by atoms with van der Waals surface area (Å²) in [6, 6.07) is 4.17. The summed E-state index contributed by atoms with van der Waals surface area (Å²) in [6.07, 6.45) is 3.58. The highest BCUT2D eigenvalue weighted by atomic mass is 79.9. The van der Waals surface area contributed by atoms with Crippen LogP contribution in [-0.4, -0.2) is 26.8 Å². The molecule has 0 aliphatic carbocycles. The molecular weight excluding hydrogens is 374 g/mol. The maximum absolute atomic E-state index is 12.7. The molecule has 1 heterocycles. The maximum atomic E-state index is 12.7. The van der Waals surface area contributed by atoms with Gasteiger partial charge in [0.05, 0.1) is 17.8 Å². The second-order valence-corrected chi connectivity index (χ2v) is 7.67. The fourth-order valence-electron chi connectivity index (χ4n) is 2.45. The zero-order valence-electron chi connectivity index (χ0n) is 14.0.